The zero-order valence-corrected chi connectivity index (χ0v) is 5.92. The largest absolute Gasteiger partial charge is 0.516 e. The van der Waals surface area contributed by atoms with Gasteiger partial charge in [-0.3, -0.25) is 0 Å². The number of allylic oxidation sites excluding steroid dienone is 1. The molecule has 0 aromatic carbocycles. The fourth-order valence-corrected chi connectivity index (χ4v) is 1.38. The summed E-state index contributed by atoms with van der Waals surface area (Å²) in [5.74, 6) is -0.00116. The second-order valence-electron chi connectivity index (χ2n) is 2.69. The lowest BCUT2D eigenvalue weighted by Gasteiger charge is -2.18. The minimum absolute atomic E-state index is 0.00116. The molecule has 10 heavy (non-hydrogen) atoms. The van der Waals surface area contributed by atoms with E-state index in [0.717, 1.165) is 43.8 Å². The Labute approximate surface area is 60.6 Å². The number of hydrogen-bond donors (Lipinski definition) is 1. The highest BCUT2D eigenvalue weighted by molar-refractivity contribution is 5.58. The van der Waals surface area contributed by atoms with Crippen LogP contribution >= 0.6 is 0 Å². The third-order valence-electron chi connectivity index (χ3n) is 2.04. The molecule has 1 rings (SSSR count). The van der Waals surface area contributed by atoms with E-state index >= 15 is 0 Å². The Bertz CT molecular complexity index is 149. The Morgan fingerprint density at radius 3 is 2.80 bits per heavy atom. The summed E-state index contributed by atoms with van der Waals surface area (Å²) in [6, 6.07) is 0. The minimum Gasteiger partial charge on any atom is -0.516 e. The van der Waals surface area contributed by atoms with Crippen molar-refractivity contribution in [3.63, 3.8) is 0 Å². The van der Waals surface area contributed by atoms with Gasteiger partial charge in [-0.15, -0.1) is 0 Å². The molecule has 1 saturated carbocycles. The number of rotatable bonds is 1. The van der Waals surface area contributed by atoms with Crippen molar-refractivity contribution in [2.75, 3.05) is 0 Å². The molecule has 1 fully saturated rings. The van der Waals surface area contributed by atoms with Crippen molar-refractivity contribution < 1.29 is 9.90 Å². The van der Waals surface area contributed by atoms with Gasteiger partial charge in [-0.1, -0.05) is 6.42 Å². The van der Waals surface area contributed by atoms with E-state index in [1.54, 1.807) is 0 Å². The molecule has 0 spiro atoms. The summed E-state index contributed by atoms with van der Waals surface area (Å²) in [5.41, 5.74) is 0.904. The van der Waals surface area contributed by atoms with Gasteiger partial charge in [0.1, 0.15) is 6.29 Å². The van der Waals surface area contributed by atoms with Crippen LogP contribution in [0.4, 0.5) is 0 Å². The second kappa shape index (κ2) is 3.40. The van der Waals surface area contributed by atoms with Crippen molar-refractivity contribution in [1.82, 2.24) is 0 Å². The monoisotopic (exact) mass is 140 g/mol. The Hall–Kier alpha value is -0.790. The fraction of sp³-hybridized carbons (Fsp3) is 0.625. The molecule has 2 heteroatoms. The average molecular weight is 140 g/mol. The number of aliphatic hydroxyl groups excluding tert-OH is 1. The number of carbonyl (C=O) groups excluding carboxylic acids is 1. The number of aliphatic hydroxyl groups is 1. The predicted molar refractivity (Wildman–Crippen MR) is 38.7 cm³/mol. The quantitative estimate of drug-likeness (QED) is 0.445. The van der Waals surface area contributed by atoms with Gasteiger partial charge in [0.15, 0.2) is 0 Å². The summed E-state index contributed by atoms with van der Waals surface area (Å²) in [4.78, 5) is 10.4. The lowest BCUT2D eigenvalue weighted by Crippen LogP contribution is -2.10. The Morgan fingerprint density at radius 1 is 1.50 bits per heavy atom. The molecule has 0 bridgehead atoms. The van der Waals surface area contributed by atoms with Crippen LogP contribution in [0.25, 0.3) is 0 Å². The van der Waals surface area contributed by atoms with Crippen LogP contribution in [0.1, 0.15) is 25.7 Å². The van der Waals surface area contributed by atoms with Gasteiger partial charge in [-0.05, 0) is 24.8 Å². The Balaban J connectivity index is 2.59. The first kappa shape index (κ1) is 7.32. The molecule has 2 nitrogen and oxygen atoms in total. The molecule has 0 amide bonds. The van der Waals surface area contributed by atoms with Gasteiger partial charge in [0.25, 0.3) is 0 Å². The summed E-state index contributed by atoms with van der Waals surface area (Å²) in [5, 5.41) is 8.67. The first-order valence-corrected chi connectivity index (χ1v) is 3.67. The summed E-state index contributed by atoms with van der Waals surface area (Å²) >= 11 is 0. The molecular weight excluding hydrogens is 128 g/mol. The number of carbonyl (C=O) groups is 1. The Kier molecular flexibility index (Phi) is 2.49. The summed E-state index contributed by atoms with van der Waals surface area (Å²) in [6.07, 6.45) is 6.05. The van der Waals surface area contributed by atoms with Crippen LogP contribution in [0.5, 0.6) is 0 Å². The van der Waals surface area contributed by atoms with Crippen LogP contribution in [-0.4, -0.2) is 11.4 Å². The van der Waals surface area contributed by atoms with Crippen molar-refractivity contribution in [2.24, 2.45) is 5.92 Å². The van der Waals surface area contributed by atoms with E-state index < -0.39 is 0 Å². The predicted octanol–water partition coefficient (Wildman–Crippen LogP) is 1.82. The van der Waals surface area contributed by atoms with Gasteiger partial charge < -0.3 is 9.90 Å². The summed E-state index contributed by atoms with van der Waals surface area (Å²) in [7, 11) is 0. The Morgan fingerprint density at radius 2 is 2.30 bits per heavy atom. The molecule has 1 atom stereocenters. The van der Waals surface area contributed by atoms with Crippen LogP contribution in [0.15, 0.2) is 11.8 Å². The zero-order valence-electron chi connectivity index (χ0n) is 5.92. The van der Waals surface area contributed by atoms with Crippen molar-refractivity contribution in [1.29, 1.82) is 0 Å². The standard InChI is InChI=1S/C8H12O2/c9-5-7-3-1-2-4-8(7)6-10/h5-7,10H,1-4H2. The first-order valence-electron chi connectivity index (χ1n) is 3.67. The fourth-order valence-electron chi connectivity index (χ4n) is 1.38. The van der Waals surface area contributed by atoms with Crippen LogP contribution in [-0.2, 0) is 4.79 Å². The third kappa shape index (κ3) is 1.38. The van der Waals surface area contributed by atoms with Crippen molar-refractivity contribution in [2.45, 2.75) is 25.7 Å². The van der Waals surface area contributed by atoms with Crippen molar-refractivity contribution >= 4 is 6.29 Å². The average Bonchev–Trinajstić information content (AvgIpc) is 2.04. The van der Waals surface area contributed by atoms with Gasteiger partial charge in [0.05, 0.1) is 6.26 Å². The van der Waals surface area contributed by atoms with Gasteiger partial charge in [0.2, 0.25) is 0 Å². The molecule has 1 N–H and O–H groups in total. The highest BCUT2D eigenvalue weighted by atomic mass is 16.2. The minimum atomic E-state index is -0.00116. The van der Waals surface area contributed by atoms with Gasteiger partial charge >= 0.3 is 0 Å². The SMILES string of the molecule is O=CC1CCCCC1=CO. The van der Waals surface area contributed by atoms with Crippen LogP contribution in [0, 0.1) is 5.92 Å². The molecule has 1 unspecified atom stereocenters. The zero-order chi connectivity index (χ0) is 7.40. The molecule has 0 heterocycles. The first-order chi connectivity index (χ1) is 4.88. The molecule has 0 aliphatic heterocycles. The van der Waals surface area contributed by atoms with Gasteiger partial charge in [-0.2, -0.15) is 0 Å². The van der Waals surface area contributed by atoms with E-state index in [4.69, 9.17) is 5.11 Å². The molecule has 0 saturated heterocycles. The molecule has 1 aliphatic carbocycles. The lowest BCUT2D eigenvalue weighted by molar-refractivity contribution is -0.110. The number of hydrogen-bond acceptors (Lipinski definition) is 2. The van der Waals surface area contributed by atoms with Gasteiger partial charge in [0, 0.05) is 5.92 Å². The summed E-state index contributed by atoms with van der Waals surface area (Å²) < 4.78 is 0. The van der Waals surface area contributed by atoms with Crippen molar-refractivity contribution in [3.8, 4) is 0 Å². The maximum absolute atomic E-state index is 10.4. The molecule has 56 valence electrons. The van der Waals surface area contributed by atoms with Crippen LogP contribution in [0.2, 0.25) is 0 Å². The highest BCUT2D eigenvalue weighted by Crippen LogP contribution is 2.26. The van der Waals surface area contributed by atoms with E-state index in [-0.39, 0.29) is 5.92 Å². The lowest BCUT2D eigenvalue weighted by atomic mass is 9.86. The van der Waals surface area contributed by atoms with E-state index in [9.17, 15) is 4.79 Å². The third-order valence-corrected chi connectivity index (χ3v) is 2.04. The molecule has 0 aromatic rings. The molecule has 0 aromatic heterocycles. The van der Waals surface area contributed by atoms with Crippen LogP contribution in [0.3, 0.4) is 0 Å². The van der Waals surface area contributed by atoms with E-state index in [0.29, 0.717) is 0 Å². The van der Waals surface area contributed by atoms with E-state index in [1.165, 1.54) is 0 Å². The second-order valence-corrected chi connectivity index (χ2v) is 2.69. The van der Waals surface area contributed by atoms with Gasteiger partial charge in [-0.25, -0.2) is 0 Å². The molecule has 1 aliphatic rings. The molecular formula is C8H12O2. The highest BCUT2D eigenvalue weighted by Gasteiger charge is 2.17. The normalized spacial score (nSPS) is 30.4. The van der Waals surface area contributed by atoms with E-state index in [2.05, 4.69) is 0 Å². The van der Waals surface area contributed by atoms with Crippen LogP contribution < -0.4 is 0 Å². The molecule has 0 radical (unpaired) electrons. The van der Waals surface area contributed by atoms with E-state index in [1.807, 2.05) is 0 Å². The number of aldehydes is 1. The summed E-state index contributed by atoms with van der Waals surface area (Å²) in [6.45, 7) is 0. The topological polar surface area (TPSA) is 37.3 Å². The maximum Gasteiger partial charge on any atom is 0.127 e. The van der Waals surface area contributed by atoms with Crippen molar-refractivity contribution in [3.05, 3.63) is 11.8 Å². The maximum atomic E-state index is 10.4. The smallest absolute Gasteiger partial charge is 0.127 e.